The molecular weight excluding hydrogens is 268 g/mol. The van der Waals surface area contributed by atoms with E-state index < -0.39 is 44.9 Å². The molecule has 1 aliphatic rings. The Balaban J connectivity index is 2.78. The van der Waals surface area contributed by atoms with Gasteiger partial charge in [0.25, 0.3) is 0 Å². The van der Waals surface area contributed by atoms with Gasteiger partial charge in [0.1, 0.15) is 0 Å². The molecule has 1 rings (SSSR count). The van der Waals surface area contributed by atoms with Crippen LogP contribution in [0.5, 0.6) is 0 Å². The van der Waals surface area contributed by atoms with Gasteiger partial charge in [-0.05, 0) is 18.8 Å². The number of aliphatic hydroxyl groups is 2. The van der Waals surface area contributed by atoms with E-state index in [-0.39, 0.29) is 5.92 Å². The molecule has 0 saturated heterocycles. The molecular formula is C9H18O6S2. The van der Waals surface area contributed by atoms with Crippen LogP contribution < -0.4 is 0 Å². The van der Waals surface area contributed by atoms with E-state index >= 15 is 0 Å². The largest absolute Gasteiger partial charge is 0.377 e. The van der Waals surface area contributed by atoms with Crippen molar-refractivity contribution in [3.8, 4) is 0 Å². The molecule has 102 valence electrons. The third-order valence-corrected chi connectivity index (χ3v) is 5.10. The SMILES string of the molecule is CC1C(C(O)S(=O)O)CCCC1C(O)S(=O)O. The zero-order valence-electron chi connectivity index (χ0n) is 9.43. The molecule has 0 amide bonds. The van der Waals surface area contributed by atoms with Crippen molar-refractivity contribution in [3.63, 3.8) is 0 Å². The molecule has 0 heterocycles. The molecule has 0 aromatic rings. The maximum atomic E-state index is 10.8. The van der Waals surface area contributed by atoms with E-state index in [4.69, 9.17) is 9.11 Å². The lowest BCUT2D eigenvalue weighted by Crippen LogP contribution is -2.41. The molecule has 17 heavy (non-hydrogen) atoms. The van der Waals surface area contributed by atoms with E-state index in [2.05, 4.69) is 0 Å². The number of rotatable bonds is 4. The van der Waals surface area contributed by atoms with Crippen molar-refractivity contribution in [2.24, 2.45) is 17.8 Å². The summed E-state index contributed by atoms with van der Waals surface area (Å²) in [7, 11) is 0. The Morgan fingerprint density at radius 2 is 1.35 bits per heavy atom. The van der Waals surface area contributed by atoms with Gasteiger partial charge in [-0.3, -0.25) is 0 Å². The number of hydrogen-bond acceptors (Lipinski definition) is 4. The van der Waals surface area contributed by atoms with E-state index in [1.165, 1.54) is 0 Å². The smallest absolute Gasteiger partial charge is 0.182 e. The molecule has 1 aliphatic carbocycles. The maximum absolute atomic E-state index is 10.8. The van der Waals surface area contributed by atoms with Crippen molar-refractivity contribution in [1.29, 1.82) is 0 Å². The Bertz CT molecular complexity index is 282. The van der Waals surface area contributed by atoms with Crippen LogP contribution in [0, 0.1) is 17.8 Å². The van der Waals surface area contributed by atoms with Crippen LogP contribution in [0.4, 0.5) is 0 Å². The Labute approximate surface area is 105 Å². The normalized spacial score (nSPS) is 37.1. The molecule has 0 aliphatic heterocycles. The second-order valence-corrected chi connectivity index (χ2v) is 6.52. The molecule has 0 aromatic carbocycles. The molecule has 0 bridgehead atoms. The maximum Gasteiger partial charge on any atom is 0.182 e. The molecule has 0 radical (unpaired) electrons. The quantitative estimate of drug-likeness (QED) is 0.546. The Morgan fingerprint density at radius 1 is 1.00 bits per heavy atom. The Kier molecular flexibility index (Phi) is 5.68. The first-order chi connectivity index (χ1) is 7.86. The zero-order valence-corrected chi connectivity index (χ0v) is 11.1. The van der Waals surface area contributed by atoms with Gasteiger partial charge in [0.15, 0.2) is 33.0 Å². The van der Waals surface area contributed by atoms with Crippen molar-refractivity contribution >= 4 is 22.2 Å². The van der Waals surface area contributed by atoms with Crippen LogP contribution in [-0.2, 0) is 22.2 Å². The van der Waals surface area contributed by atoms with Crippen molar-refractivity contribution in [2.75, 3.05) is 0 Å². The Morgan fingerprint density at radius 3 is 1.65 bits per heavy atom. The van der Waals surface area contributed by atoms with Gasteiger partial charge in [0.05, 0.1) is 0 Å². The second-order valence-electron chi connectivity index (χ2n) is 4.45. The fraction of sp³-hybridized carbons (Fsp3) is 1.00. The van der Waals surface area contributed by atoms with Crippen LogP contribution in [0.15, 0.2) is 0 Å². The van der Waals surface area contributed by atoms with Gasteiger partial charge in [0, 0.05) is 11.8 Å². The van der Waals surface area contributed by atoms with E-state index in [0.717, 1.165) is 0 Å². The van der Waals surface area contributed by atoms with Gasteiger partial charge in [-0.2, -0.15) is 0 Å². The van der Waals surface area contributed by atoms with E-state index in [1.54, 1.807) is 6.92 Å². The van der Waals surface area contributed by atoms with E-state index in [9.17, 15) is 18.6 Å². The monoisotopic (exact) mass is 286 g/mol. The van der Waals surface area contributed by atoms with E-state index in [1.807, 2.05) is 0 Å². The summed E-state index contributed by atoms with van der Waals surface area (Å²) in [6.45, 7) is 1.72. The highest BCUT2D eigenvalue weighted by Gasteiger charge is 2.40. The lowest BCUT2D eigenvalue weighted by molar-refractivity contribution is 0.0325. The first-order valence-electron chi connectivity index (χ1n) is 5.41. The molecule has 4 N–H and O–H groups in total. The molecule has 0 spiro atoms. The summed E-state index contributed by atoms with van der Waals surface area (Å²) in [6.07, 6.45) is 1.81. The molecule has 0 aromatic heterocycles. The first kappa shape index (κ1) is 15.2. The van der Waals surface area contributed by atoms with Crippen LogP contribution >= 0.6 is 0 Å². The second kappa shape index (κ2) is 6.35. The molecule has 1 saturated carbocycles. The molecule has 6 unspecified atom stereocenters. The van der Waals surface area contributed by atoms with Crippen LogP contribution in [0.2, 0.25) is 0 Å². The summed E-state index contributed by atoms with van der Waals surface area (Å²) in [5.41, 5.74) is -2.74. The van der Waals surface area contributed by atoms with Crippen LogP contribution in [0.3, 0.4) is 0 Å². The summed E-state index contributed by atoms with van der Waals surface area (Å²) in [5, 5.41) is 19.2. The fourth-order valence-corrected chi connectivity index (χ4v) is 3.90. The molecule has 6 nitrogen and oxygen atoms in total. The minimum atomic E-state index is -2.33. The average molecular weight is 286 g/mol. The molecule has 1 fully saturated rings. The average Bonchev–Trinajstić information content (AvgIpc) is 2.27. The van der Waals surface area contributed by atoms with Gasteiger partial charge < -0.3 is 19.3 Å². The fourth-order valence-electron chi connectivity index (χ4n) is 2.54. The topological polar surface area (TPSA) is 115 Å². The third-order valence-electron chi connectivity index (χ3n) is 3.57. The van der Waals surface area contributed by atoms with Crippen molar-refractivity contribution in [1.82, 2.24) is 0 Å². The minimum Gasteiger partial charge on any atom is -0.377 e. The van der Waals surface area contributed by atoms with Gasteiger partial charge in [-0.15, -0.1) is 0 Å². The highest BCUT2D eigenvalue weighted by Crippen LogP contribution is 2.39. The lowest BCUT2D eigenvalue weighted by Gasteiger charge is -2.38. The highest BCUT2D eigenvalue weighted by atomic mass is 32.2. The van der Waals surface area contributed by atoms with Gasteiger partial charge in [-0.25, -0.2) is 8.42 Å². The summed E-state index contributed by atoms with van der Waals surface area (Å²) in [5.74, 6) is -1.14. The van der Waals surface area contributed by atoms with Crippen molar-refractivity contribution in [3.05, 3.63) is 0 Å². The standard InChI is InChI=1S/C9H18O6S2/c1-5-6(8(10)16(12)13)3-2-4-7(5)9(11)17(14)15/h5-11H,2-4H2,1H3,(H,12,13)(H,14,15). The highest BCUT2D eigenvalue weighted by molar-refractivity contribution is 7.79. The van der Waals surface area contributed by atoms with Gasteiger partial charge >= 0.3 is 0 Å². The summed E-state index contributed by atoms with van der Waals surface area (Å²) in [6, 6.07) is 0. The van der Waals surface area contributed by atoms with Crippen molar-refractivity contribution < 1.29 is 27.7 Å². The Hall–Kier alpha value is 0.140. The first-order valence-corrected chi connectivity index (χ1v) is 7.75. The van der Waals surface area contributed by atoms with Gasteiger partial charge in [0.2, 0.25) is 0 Å². The van der Waals surface area contributed by atoms with Gasteiger partial charge in [-0.1, -0.05) is 13.3 Å². The predicted molar refractivity (Wildman–Crippen MR) is 63.6 cm³/mol. The van der Waals surface area contributed by atoms with E-state index in [0.29, 0.717) is 19.3 Å². The van der Waals surface area contributed by atoms with Crippen molar-refractivity contribution in [2.45, 2.75) is 37.1 Å². The minimum absolute atomic E-state index is 0.277. The lowest BCUT2D eigenvalue weighted by atomic mass is 9.73. The van der Waals surface area contributed by atoms with Crippen LogP contribution in [0.25, 0.3) is 0 Å². The molecule has 8 heteroatoms. The third kappa shape index (κ3) is 3.55. The molecule has 6 atom stereocenters. The zero-order chi connectivity index (χ0) is 13.2. The van der Waals surface area contributed by atoms with Crippen LogP contribution in [-0.4, -0.2) is 38.6 Å². The predicted octanol–water partition coefficient (Wildman–Crippen LogP) is 0.119. The van der Waals surface area contributed by atoms with Crippen LogP contribution in [0.1, 0.15) is 26.2 Å². The summed E-state index contributed by atoms with van der Waals surface area (Å²) in [4.78, 5) is 0. The number of hydrogen-bond donors (Lipinski definition) is 4. The number of aliphatic hydroxyl groups excluding tert-OH is 2. The summed E-state index contributed by atoms with van der Waals surface area (Å²) < 4.78 is 39.4. The summed E-state index contributed by atoms with van der Waals surface area (Å²) >= 11 is -4.66.